The number of carbonyl (C=O) groups is 1. The second-order valence-electron chi connectivity index (χ2n) is 8.93. The van der Waals surface area contributed by atoms with Crippen molar-refractivity contribution >= 4 is 11.5 Å². The van der Waals surface area contributed by atoms with Gasteiger partial charge in [-0.3, -0.25) is 4.79 Å². The van der Waals surface area contributed by atoms with Crippen LogP contribution in [-0.4, -0.2) is 56.0 Å². The molecule has 28 heavy (non-hydrogen) atoms. The first-order valence-corrected chi connectivity index (χ1v) is 10.8. The number of likely N-dealkylation sites (N-methyl/N-ethyl adjacent to an activating group) is 1. The van der Waals surface area contributed by atoms with E-state index in [1.165, 1.54) is 24.9 Å². The number of Topliss-reactive ketones (excluding diaryl/α,β-unsaturated/α-hetero) is 1. The molecule has 0 unspecified atom stereocenters. The summed E-state index contributed by atoms with van der Waals surface area (Å²) in [6.45, 7) is 4.40. The van der Waals surface area contributed by atoms with Gasteiger partial charge >= 0.3 is 0 Å². The lowest BCUT2D eigenvalue weighted by Gasteiger charge is -2.23. The maximum Gasteiger partial charge on any atom is 0.151 e. The number of nitrogens with one attached hydrogen (secondary N) is 1. The van der Waals surface area contributed by atoms with Crippen molar-refractivity contribution in [2.24, 2.45) is 11.8 Å². The van der Waals surface area contributed by atoms with Crippen LogP contribution in [0, 0.1) is 23.2 Å². The molecular weight excluding hydrogens is 348 g/mol. The topological polar surface area (TPSA) is 59.4 Å². The lowest BCUT2D eigenvalue weighted by atomic mass is 9.88. The molecule has 1 aromatic rings. The summed E-state index contributed by atoms with van der Waals surface area (Å²) in [4.78, 5) is 17.5. The fourth-order valence-corrected chi connectivity index (χ4v) is 5.18. The summed E-state index contributed by atoms with van der Waals surface area (Å²) < 4.78 is 0. The van der Waals surface area contributed by atoms with Gasteiger partial charge in [0, 0.05) is 37.8 Å². The Labute approximate surface area is 168 Å². The highest BCUT2D eigenvalue weighted by Gasteiger charge is 2.42. The standard InChI is InChI=1S/C23H32N4O/c1-26-9-2-10-27(12-11-26)21-7-3-17(4-8-21)13-18(16-24)14-22(28)23-19-5-6-20(15-19)25-23/h3-4,7-8,18-20,23,25H,2,5-6,9-15H2,1H3/t18-,19+,20-,23+/m1/s1. The smallest absolute Gasteiger partial charge is 0.151 e. The van der Waals surface area contributed by atoms with Gasteiger partial charge in [-0.2, -0.15) is 5.26 Å². The van der Waals surface area contributed by atoms with Gasteiger partial charge in [-0.15, -0.1) is 0 Å². The van der Waals surface area contributed by atoms with E-state index in [1.807, 2.05) is 0 Å². The molecular formula is C23H32N4O. The van der Waals surface area contributed by atoms with Gasteiger partial charge in [0.15, 0.2) is 5.78 Å². The lowest BCUT2D eigenvalue weighted by molar-refractivity contribution is -0.122. The molecule has 4 atom stereocenters. The second-order valence-corrected chi connectivity index (χ2v) is 8.93. The van der Waals surface area contributed by atoms with E-state index in [0.29, 0.717) is 24.8 Å². The molecule has 1 aliphatic carbocycles. The summed E-state index contributed by atoms with van der Waals surface area (Å²) >= 11 is 0. The molecule has 3 aliphatic rings. The minimum absolute atomic E-state index is 0.00172. The highest BCUT2D eigenvalue weighted by atomic mass is 16.1. The molecule has 5 heteroatoms. The maximum atomic E-state index is 12.7. The Kier molecular flexibility index (Phi) is 5.99. The number of fused-ring (bicyclic) bond motifs is 2. The summed E-state index contributed by atoms with van der Waals surface area (Å²) in [6, 6.07) is 11.5. The van der Waals surface area contributed by atoms with Gasteiger partial charge in [-0.25, -0.2) is 0 Å². The summed E-state index contributed by atoms with van der Waals surface area (Å²) in [7, 11) is 2.18. The second kappa shape index (κ2) is 8.63. The third kappa shape index (κ3) is 4.39. The molecule has 2 heterocycles. The Morgan fingerprint density at radius 1 is 1.21 bits per heavy atom. The number of nitrogens with zero attached hydrogens (tertiary/aromatic N) is 3. The highest BCUT2D eigenvalue weighted by Crippen LogP contribution is 2.36. The molecule has 2 saturated heterocycles. The van der Waals surface area contributed by atoms with Crippen molar-refractivity contribution in [3.8, 4) is 6.07 Å². The van der Waals surface area contributed by atoms with Gasteiger partial charge in [-0.1, -0.05) is 12.1 Å². The van der Waals surface area contributed by atoms with Crippen LogP contribution in [0.25, 0.3) is 0 Å². The highest BCUT2D eigenvalue weighted by molar-refractivity contribution is 5.85. The van der Waals surface area contributed by atoms with Crippen molar-refractivity contribution in [1.29, 1.82) is 5.26 Å². The van der Waals surface area contributed by atoms with Crippen LogP contribution in [0.4, 0.5) is 5.69 Å². The first kappa shape index (κ1) is 19.4. The molecule has 1 N–H and O–H groups in total. The van der Waals surface area contributed by atoms with Crippen LogP contribution in [0.5, 0.6) is 0 Å². The van der Waals surface area contributed by atoms with Crippen molar-refractivity contribution in [2.75, 3.05) is 38.1 Å². The first-order chi connectivity index (χ1) is 13.6. The molecule has 0 radical (unpaired) electrons. The Hall–Kier alpha value is -1.90. The maximum absolute atomic E-state index is 12.7. The van der Waals surface area contributed by atoms with Crippen molar-refractivity contribution in [2.45, 2.75) is 50.6 Å². The Morgan fingerprint density at radius 3 is 2.71 bits per heavy atom. The van der Waals surface area contributed by atoms with Crippen molar-refractivity contribution in [3.63, 3.8) is 0 Å². The number of ketones is 1. The van der Waals surface area contributed by atoms with E-state index in [2.05, 4.69) is 52.5 Å². The number of rotatable bonds is 6. The summed E-state index contributed by atoms with van der Waals surface area (Å²) in [5, 5.41) is 13.1. The van der Waals surface area contributed by atoms with Gasteiger partial charge in [0.05, 0.1) is 18.0 Å². The summed E-state index contributed by atoms with van der Waals surface area (Å²) in [5.41, 5.74) is 2.41. The van der Waals surface area contributed by atoms with Gasteiger partial charge in [-0.05, 0) is 69.3 Å². The van der Waals surface area contributed by atoms with E-state index in [0.717, 1.165) is 38.2 Å². The SMILES string of the molecule is CN1CCCN(c2ccc(C[C@@H](C#N)CC(=O)[C@H]3N[C@@H]4CC[C@H]3C4)cc2)CC1. The van der Waals surface area contributed by atoms with Crippen LogP contribution in [0.15, 0.2) is 24.3 Å². The Bertz CT molecular complexity index is 725. The quantitative estimate of drug-likeness (QED) is 0.822. The number of nitriles is 1. The van der Waals surface area contributed by atoms with Gasteiger partial charge in [0.25, 0.3) is 0 Å². The molecule has 0 aromatic heterocycles. The van der Waals surface area contributed by atoms with Gasteiger partial charge in [0.1, 0.15) is 0 Å². The van der Waals surface area contributed by atoms with Gasteiger partial charge in [0.2, 0.25) is 0 Å². The van der Waals surface area contributed by atoms with Crippen LogP contribution in [0.2, 0.25) is 0 Å². The van der Waals surface area contributed by atoms with Gasteiger partial charge < -0.3 is 15.1 Å². The average molecular weight is 381 g/mol. The fourth-order valence-electron chi connectivity index (χ4n) is 5.18. The van der Waals surface area contributed by atoms with Crippen molar-refractivity contribution in [1.82, 2.24) is 10.2 Å². The zero-order valence-corrected chi connectivity index (χ0v) is 16.9. The first-order valence-electron chi connectivity index (χ1n) is 10.8. The number of carbonyl (C=O) groups excluding carboxylic acids is 1. The third-order valence-electron chi connectivity index (χ3n) is 6.84. The Balaban J connectivity index is 1.32. The van der Waals surface area contributed by atoms with E-state index in [4.69, 9.17) is 0 Å². The normalized spacial score (nSPS) is 28.7. The predicted octanol–water partition coefficient (Wildman–Crippen LogP) is 2.61. The fraction of sp³-hybridized carbons (Fsp3) is 0.652. The Morgan fingerprint density at radius 2 is 2.04 bits per heavy atom. The summed E-state index contributed by atoms with van der Waals surface area (Å²) in [5.74, 6) is 0.513. The van der Waals surface area contributed by atoms with E-state index < -0.39 is 0 Å². The number of piperidine rings is 1. The number of benzene rings is 1. The molecule has 1 saturated carbocycles. The van der Waals surface area contributed by atoms with E-state index in [-0.39, 0.29) is 17.7 Å². The molecule has 2 bridgehead atoms. The third-order valence-corrected chi connectivity index (χ3v) is 6.84. The zero-order chi connectivity index (χ0) is 19.5. The minimum atomic E-state index is -0.230. The average Bonchev–Trinajstić information content (AvgIpc) is 3.28. The number of hydrogen-bond donors (Lipinski definition) is 1. The van der Waals surface area contributed by atoms with Crippen LogP contribution in [-0.2, 0) is 11.2 Å². The van der Waals surface area contributed by atoms with Crippen LogP contribution < -0.4 is 10.2 Å². The summed E-state index contributed by atoms with van der Waals surface area (Å²) in [6.07, 6.45) is 5.73. The molecule has 5 nitrogen and oxygen atoms in total. The molecule has 2 aliphatic heterocycles. The van der Waals surface area contributed by atoms with E-state index in [9.17, 15) is 10.1 Å². The molecule has 1 aromatic carbocycles. The van der Waals surface area contributed by atoms with Crippen LogP contribution >= 0.6 is 0 Å². The van der Waals surface area contributed by atoms with Crippen LogP contribution in [0.1, 0.15) is 37.7 Å². The monoisotopic (exact) mass is 380 g/mol. The minimum Gasteiger partial charge on any atom is -0.370 e. The number of hydrogen-bond acceptors (Lipinski definition) is 5. The molecule has 0 amide bonds. The van der Waals surface area contributed by atoms with Crippen molar-refractivity contribution < 1.29 is 4.79 Å². The molecule has 150 valence electrons. The lowest BCUT2D eigenvalue weighted by Crippen LogP contribution is -2.42. The van der Waals surface area contributed by atoms with E-state index >= 15 is 0 Å². The zero-order valence-electron chi connectivity index (χ0n) is 16.9. The molecule has 4 rings (SSSR count). The predicted molar refractivity (Wildman–Crippen MR) is 111 cm³/mol. The van der Waals surface area contributed by atoms with Crippen LogP contribution in [0.3, 0.4) is 0 Å². The number of anilines is 1. The van der Waals surface area contributed by atoms with Crippen molar-refractivity contribution in [3.05, 3.63) is 29.8 Å². The largest absolute Gasteiger partial charge is 0.370 e. The molecule has 3 fully saturated rings. The van der Waals surface area contributed by atoms with E-state index in [1.54, 1.807) is 0 Å². The molecule has 0 spiro atoms.